The maximum Gasteiger partial charge on any atom is 0.255 e. The highest BCUT2D eigenvalue weighted by molar-refractivity contribution is 5.58. The molecule has 1 aromatic rings. The summed E-state index contributed by atoms with van der Waals surface area (Å²) in [5.41, 5.74) is 0.839. The fourth-order valence-electron chi connectivity index (χ4n) is 2.13. The summed E-state index contributed by atoms with van der Waals surface area (Å²) in [6.45, 7) is 4.47. The van der Waals surface area contributed by atoms with Crippen LogP contribution in [-0.4, -0.2) is 36.5 Å². The SMILES string of the molecule is CCCNc1nc(C2CC2)nc(N(C)CC(F)F)c1C. The lowest BCUT2D eigenvalue weighted by molar-refractivity contribution is 0.156. The average molecular weight is 284 g/mol. The smallest absolute Gasteiger partial charge is 0.255 e. The van der Waals surface area contributed by atoms with Crippen molar-refractivity contribution in [2.75, 3.05) is 30.4 Å². The minimum atomic E-state index is -2.37. The van der Waals surface area contributed by atoms with Crippen LogP contribution in [-0.2, 0) is 0 Å². The monoisotopic (exact) mass is 284 g/mol. The summed E-state index contributed by atoms with van der Waals surface area (Å²) >= 11 is 0. The molecule has 1 aliphatic rings. The largest absolute Gasteiger partial charge is 0.370 e. The third-order valence-electron chi connectivity index (χ3n) is 3.40. The van der Waals surface area contributed by atoms with Gasteiger partial charge in [-0.25, -0.2) is 18.7 Å². The van der Waals surface area contributed by atoms with Gasteiger partial charge in [0.25, 0.3) is 6.43 Å². The molecule has 0 spiro atoms. The zero-order valence-electron chi connectivity index (χ0n) is 12.3. The number of hydrogen-bond donors (Lipinski definition) is 1. The van der Waals surface area contributed by atoms with Crippen LogP contribution in [0.4, 0.5) is 20.4 Å². The zero-order valence-corrected chi connectivity index (χ0v) is 12.3. The van der Waals surface area contributed by atoms with Crippen molar-refractivity contribution in [1.29, 1.82) is 0 Å². The second-order valence-corrected chi connectivity index (χ2v) is 5.35. The van der Waals surface area contributed by atoms with E-state index in [0.29, 0.717) is 11.7 Å². The Bertz CT molecular complexity index is 461. The number of nitrogens with one attached hydrogen (secondary N) is 1. The molecule has 1 fully saturated rings. The van der Waals surface area contributed by atoms with Gasteiger partial charge >= 0.3 is 0 Å². The van der Waals surface area contributed by atoms with E-state index < -0.39 is 6.43 Å². The van der Waals surface area contributed by atoms with Crippen molar-refractivity contribution < 1.29 is 8.78 Å². The maximum absolute atomic E-state index is 12.6. The molecule has 1 heterocycles. The summed E-state index contributed by atoms with van der Waals surface area (Å²) in [7, 11) is 1.65. The molecule has 0 unspecified atom stereocenters. The minimum Gasteiger partial charge on any atom is -0.370 e. The molecule has 112 valence electrons. The van der Waals surface area contributed by atoms with Gasteiger partial charge in [0.2, 0.25) is 0 Å². The second-order valence-electron chi connectivity index (χ2n) is 5.35. The molecule has 20 heavy (non-hydrogen) atoms. The number of hydrogen-bond acceptors (Lipinski definition) is 4. The summed E-state index contributed by atoms with van der Waals surface area (Å²) in [6.07, 6.45) is 0.804. The first-order valence-electron chi connectivity index (χ1n) is 7.14. The Morgan fingerprint density at radius 1 is 1.35 bits per heavy atom. The van der Waals surface area contributed by atoms with Crippen molar-refractivity contribution in [3.63, 3.8) is 0 Å². The number of rotatable bonds is 7. The third kappa shape index (κ3) is 3.55. The highest BCUT2D eigenvalue weighted by Crippen LogP contribution is 2.40. The van der Waals surface area contributed by atoms with Gasteiger partial charge in [0, 0.05) is 25.1 Å². The van der Waals surface area contributed by atoms with E-state index >= 15 is 0 Å². The molecule has 0 amide bonds. The van der Waals surface area contributed by atoms with Gasteiger partial charge in [0.15, 0.2) is 0 Å². The Morgan fingerprint density at radius 2 is 2.05 bits per heavy atom. The van der Waals surface area contributed by atoms with Crippen LogP contribution in [0, 0.1) is 6.92 Å². The van der Waals surface area contributed by atoms with E-state index in [1.807, 2.05) is 6.92 Å². The Kier molecular flexibility index (Phi) is 4.73. The van der Waals surface area contributed by atoms with Crippen molar-refractivity contribution in [3.05, 3.63) is 11.4 Å². The third-order valence-corrected chi connectivity index (χ3v) is 3.40. The average Bonchev–Trinajstić information content (AvgIpc) is 3.21. The first kappa shape index (κ1) is 14.9. The molecule has 2 rings (SSSR count). The molecule has 0 bridgehead atoms. The zero-order chi connectivity index (χ0) is 14.7. The van der Waals surface area contributed by atoms with E-state index in [2.05, 4.69) is 22.2 Å². The molecule has 1 saturated carbocycles. The maximum atomic E-state index is 12.6. The number of anilines is 2. The molecule has 4 nitrogen and oxygen atoms in total. The lowest BCUT2D eigenvalue weighted by Crippen LogP contribution is -2.26. The molecule has 0 aliphatic heterocycles. The van der Waals surface area contributed by atoms with E-state index in [9.17, 15) is 8.78 Å². The van der Waals surface area contributed by atoms with Gasteiger partial charge in [-0.3, -0.25) is 0 Å². The van der Waals surface area contributed by atoms with Gasteiger partial charge in [0.05, 0.1) is 6.54 Å². The van der Waals surface area contributed by atoms with Gasteiger partial charge < -0.3 is 10.2 Å². The molecule has 6 heteroatoms. The topological polar surface area (TPSA) is 41.1 Å². The van der Waals surface area contributed by atoms with Crippen LogP contribution in [0.2, 0.25) is 0 Å². The van der Waals surface area contributed by atoms with E-state index in [4.69, 9.17) is 0 Å². The van der Waals surface area contributed by atoms with Gasteiger partial charge in [-0.1, -0.05) is 6.92 Å². The molecule has 1 aromatic heterocycles. The van der Waals surface area contributed by atoms with Crippen LogP contribution >= 0.6 is 0 Å². The van der Waals surface area contributed by atoms with Crippen LogP contribution in [0.25, 0.3) is 0 Å². The van der Waals surface area contributed by atoms with Gasteiger partial charge in [-0.2, -0.15) is 0 Å². The molecule has 1 N–H and O–H groups in total. The number of aromatic nitrogens is 2. The molecule has 0 aromatic carbocycles. The van der Waals surface area contributed by atoms with E-state index in [1.165, 1.54) is 4.90 Å². The lowest BCUT2D eigenvalue weighted by Gasteiger charge is -2.22. The number of halogens is 2. The normalized spacial score (nSPS) is 14.7. The van der Waals surface area contributed by atoms with Gasteiger partial charge in [-0.15, -0.1) is 0 Å². The molecule has 1 aliphatic carbocycles. The molecule has 0 radical (unpaired) electrons. The predicted molar refractivity (Wildman–Crippen MR) is 76.8 cm³/mol. The Balaban J connectivity index is 2.30. The van der Waals surface area contributed by atoms with Crippen LogP contribution in [0.15, 0.2) is 0 Å². The summed E-state index contributed by atoms with van der Waals surface area (Å²) in [5, 5.41) is 3.27. The Labute approximate surface area is 118 Å². The second kappa shape index (κ2) is 6.33. The standard InChI is InChI=1S/C14H22F2N4/c1-4-7-17-12-9(2)14(20(3)8-11(15)16)19-13(18-12)10-5-6-10/h10-11H,4-8H2,1-3H3,(H,17,18,19). The number of nitrogens with zero attached hydrogens (tertiary/aromatic N) is 3. The van der Waals surface area contributed by atoms with Crippen LogP contribution in [0.1, 0.15) is 43.5 Å². The Morgan fingerprint density at radius 3 is 2.60 bits per heavy atom. The van der Waals surface area contributed by atoms with E-state index in [1.54, 1.807) is 7.05 Å². The fourth-order valence-corrected chi connectivity index (χ4v) is 2.13. The predicted octanol–water partition coefficient (Wildman–Crippen LogP) is 3.19. The summed E-state index contributed by atoms with van der Waals surface area (Å²) in [4.78, 5) is 10.6. The first-order chi connectivity index (χ1) is 9.52. The summed E-state index contributed by atoms with van der Waals surface area (Å²) < 4.78 is 25.2. The summed E-state index contributed by atoms with van der Waals surface area (Å²) in [6, 6.07) is 0. The van der Waals surface area contributed by atoms with Crippen molar-refractivity contribution in [2.45, 2.75) is 45.5 Å². The van der Waals surface area contributed by atoms with Gasteiger partial charge in [-0.05, 0) is 26.2 Å². The Hall–Kier alpha value is -1.46. The van der Waals surface area contributed by atoms with Crippen LogP contribution in [0.3, 0.4) is 0 Å². The number of alkyl halides is 2. The van der Waals surface area contributed by atoms with Gasteiger partial charge in [0.1, 0.15) is 17.5 Å². The highest BCUT2D eigenvalue weighted by atomic mass is 19.3. The van der Waals surface area contributed by atoms with Crippen LogP contribution in [0.5, 0.6) is 0 Å². The molecule has 0 saturated heterocycles. The molecule has 0 atom stereocenters. The van der Waals surface area contributed by atoms with Crippen molar-refractivity contribution in [3.8, 4) is 0 Å². The minimum absolute atomic E-state index is 0.310. The fraction of sp³-hybridized carbons (Fsp3) is 0.714. The first-order valence-corrected chi connectivity index (χ1v) is 7.14. The van der Waals surface area contributed by atoms with Crippen molar-refractivity contribution in [2.24, 2.45) is 0 Å². The van der Waals surface area contributed by atoms with E-state index in [0.717, 1.165) is 43.0 Å². The molecular weight excluding hydrogens is 262 g/mol. The quantitative estimate of drug-likeness (QED) is 0.835. The van der Waals surface area contributed by atoms with Crippen molar-refractivity contribution in [1.82, 2.24) is 9.97 Å². The van der Waals surface area contributed by atoms with Crippen molar-refractivity contribution >= 4 is 11.6 Å². The van der Waals surface area contributed by atoms with Crippen LogP contribution < -0.4 is 10.2 Å². The summed E-state index contributed by atoms with van der Waals surface area (Å²) in [5.74, 6) is 2.57. The van der Waals surface area contributed by atoms with E-state index in [-0.39, 0.29) is 6.54 Å². The lowest BCUT2D eigenvalue weighted by atomic mass is 10.2. The molecular formula is C14H22F2N4. The highest BCUT2D eigenvalue weighted by Gasteiger charge is 2.29.